The third-order valence-electron chi connectivity index (χ3n) is 3.31. The van der Waals surface area contributed by atoms with Gasteiger partial charge in [-0.05, 0) is 11.6 Å². The summed E-state index contributed by atoms with van der Waals surface area (Å²) in [5.41, 5.74) is 4.40. The Balaban J connectivity index is 2.03. The number of ketones is 1. The summed E-state index contributed by atoms with van der Waals surface area (Å²) in [7, 11) is 0. The predicted molar refractivity (Wildman–Crippen MR) is 55.5 cm³/mol. The minimum absolute atomic E-state index is 0.149. The second-order valence-electron chi connectivity index (χ2n) is 4.14. The van der Waals surface area contributed by atoms with Crippen molar-refractivity contribution >= 4 is 11.4 Å². The molecule has 0 spiro atoms. The average molecular weight is 196 g/mol. The van der Waals surface area contributed by atoms with E-state index in [1.165, 1.54) is 5.57 Å². The first-order chi connectivity index (χ1) is 7.34. The van der Waals surface area contributed by atoms with Crippen LogP contribution in [0.1, 0.15) is 12.0 Å². The first kappa shape index (κ1) is 7.46. The lowest BCUT2D eigenvalue weighted by Crippen LogP contribution is -2.34. The zero-order valence-corrected chi connectivity index (χ0v) is 7.99. The highest BCUT2D eigenvalue weighted by molar-refractivity contribution is 6.15. The van der Waals surface area contributed by atoms with Gasteiger partial charge in [-0.25, -0.2) is 0 Å². The molecule has 2 nitrogen and oxygen atoms in total. The SMILES string of the molecule is O=C1C2=CC(=C3c4ccccc4OC13)C2. The minimum Gasteiger partial charge on any atom is -0.477 e. The van der Waals surface area contributed by atoms with E-state index in [-0.39, 0.29) is 11.9 Å². The molecule has 5 rings (SSSR count). The maximum Gasteiger partial charge on any atom is 0.204 e. The number of ether oxygens (including phenoxy) is 1. The number of allylic oxidation sites excluding steroid dienone is 2. The molecule has 0 N–H and O–H groups in total. The number of rotatable bonds is 0. The number of Topliss-reactive ketones (excluding diaryl/α,β-unsaturated/α-hetero) is 1. The molecule has 2 heteroatoms. The Morgan fingerprint density at radius 2 is 2.07 bits per heavy atom. The zero-order valence-electron chi connectivity index (χ0n) is 7.99. The normalized spacial score (nSPS) is 25.2. The van der Waals surface area contributed by atoms with E-state index in [0.717, 1.165) is 28.9 Å². The molecule has 1 aromatic rings. The van der Waals surface area contributed by atoms with Gasteiger partial charge in [-0.1, -0.05) is 24.3 Å². The van der Waals surface area contributed by atoms with Crippen molar-refractivity contribution in [1.82, 2.24) is 0 Å². The topological polar surface area (TPSA) is 26.3 Å². The summed E-state index contributed by atoms with van der Waals surface area (Å²) in [5.74, 6) is 0.996. The van der Waals surface area contributed by atoms with Crippen LogP contribution in [0.4, 0.5) is 0 Å². The molecular weight excluding hydrogens is 188 g/mol. The summed E-state index contributed by atoms with van der Waals surface area (Å²) in [4.78, 5) is 11.9. The fourth-order valence-electron chi connectivity index (χ4n) is 2.53. The average Bonchev–Trinajstić information content (AvgIpc) is 2.56. The lowest BCUT2D eigenvalue weighted by Gasteiger charge is -2.29. The van der Waals surface area contributed by atoms with E-state index in [1.54, 1.807) is 0 Å². The highest BCUT2D eigenvalue weighted by atomic mass is 16.5. The molecule has 1 aromatic carbocycles. The molecule has 1 heterocycles. The van der Waals surface area contributed by atoms with E-state index in [0.29, 0.717) is 0 Å². The maximum absolute atomic E-state index is 11.9. The van der Waals surface area contributed by atoms with Crippen LogP contribution in [0.15, 0.2) is 41.5 Å². The third kappa shape index (κ3) is 0.743. The smallest absolute Gasteiger partial charge is 0.204 e. The third-order valence-corrected chi connectivity index (χ3v) is 3.31. The number of hydrogen-bond donors (Lipinski definition) is 0. The van der Waals surface area contributed by atoms with E-state index < -0.39 is 0 Å². The van der Waals surface area contributed by atoms with E-state index in [9.17, 15) is 4.79 Å². The van der Waals surface area contributed by atoms with Gasteiger partial charge in [-0.3, -0.25) is 4.79 Å². The van der Waals surface area contributed by atoms with Crippen LogP contribution in [0, 0.1) is 0 Å². The molecule has 15 heavy (non-hydrogen) atoms. The second-order valence-corrected chi connectivity index (χ2v) is 4.14. The van der Waals surface area contributed by atoms with Crippen LogP contribution in [-0.2, 0) is 4.79 Å². The molecule has 1 unspecified atom stereocenters. The van der Waals surface area contributed by atoms with Crippen LogP contribution in [-0.4, -0.2) is 11.9 Å². The van der Waals surface area contributed by atoms with Crippen molar-refractivity contribution in [3.05, 3.63) is 47.1 Å². The van der Waals surface area contributed by atoms with Crippen molar-refractivity contribution in [2.45, 2.75) is 12.5 Å². The van der Waals surface area contributed by atoms with Gasteiger partial charge in [0, 0.05) is 23.1 Å². The van der Waals surface area contributed by atoms with Crippen molar-refractivity contribution in [1.29, 1.82) is 0 Å². The Hall–Kier alpha value is -1.83. The van der Waals surface area contributed by atoms with Gasteiger partial charge in [0.2, 0.25) is 5.78 Å². The highest BCUT2D eigenvalue weighted by Gasteiger charge is 2.44. The van der Waals surface area contributed by atoms with E-state index in [4.69, 9.17) is 4.74 Å². The van der Waals surface area contributed by atoms with Crippen LogP contribution in [0.2, 0.25) is 0 Å². The fraction of sp³-hybridized carbons (Fsp3) is 0.154. The van der Waals surface area contributed by atoms with E-state index in [1.807, 2.05) is 30.3 Å². The predicted octanol–water partition coefficient (Wildman–Crippen LogP) is 2.11. The molecule has 1 aliphatic heterocycles. The molecule has 4 aliphatic rings. The van der Waals surface area contributed by atoms with Gasteiger partial charge in [-0.2, -0.15) is 0 Å². The number of hydrogen-bond acceptors (Lipinski definition) is 2. The van der Waals surface area contributed by atoms with Crippen LogP contribution in [0.5, 0.6) is 5.75 Å². The monoisotopic (exact) mass is 196 g/mol. The molecule has 1 atom stereocenters. The molecule has 0 saturated heterocycles. The summed E-state index contributed by atoms with van der Waals surface area (Å²) in [5, 5.41) is 0. The van der Waals surface area contributed by atoms with E-state index >= 15 is 0 Å². The Morgan fingerprint density at radius 3 is 2.93 bits per heavy atom. The van der Waals surface area contributed by atoms with Crippen molar-refractivity contribution in [2.24, 2.45) is 0 Å². The van der Waals surface area contributed by atoms with Crippen molar-refractivity contribution < 1.29 is 9.53 Å². The van der Waals surface area contributed by atoms with Crippen LogP contribution in [0.25, 0.3) is 5.57 Å². The summed E-state index contributed by atoms with van der Waals surface area (Å²) < 4.78 is 5.68. The maximum atomic E-state index is 11.9. The molecule has 0 saturated carbocycles. The minimum atomic E-state index is -0.342. The summed E-state index contributed by atoms with van der Waals surface area (Å²) in [6.07, 6.45) is 2.49. The fourth-order valence-corrected chi connectivity index (χ4v) is 2.53. The standard InChI is InChI=1S/C13H8O2/c14-12-8-5-7(6-8)11-9-3-1-2-4-10(9)15-13(11)12/h1-5,13H,6H2. The van der Waals surface area contributed by atoms with Crippen LogP contribution in [0.3, 0.4) is 0 Å². The number of carbonyl (C=O) groups excluding carboxylic acids is 1. The Labute approximate surface area is 86.9 Å². The van der Waals surface area contributed by atoms with Crippen LogP contribution < -0.4 is 4.74 Å². The molecule has 0 aromatic heterocycles. The van der Waals surface area contributed by atoms with Gasteiger partial charge in [-0.15, -0.1) is 0 Å². The number of carbonyl (C=O) groups is 1. The molecule has 2 bridgehead atoms. The molecule has 0 fully saturated rings. The van der Waals surface area contributed by atoms with Crippen molar-refractivity contribution in [2.75, 3.05) is 0 Å². The second kappa shape index (κ2) is 2.22. The first-order valence-electron chi connectivity index (χ1n) is 5.08. The molecule has 72 valence electrons. The first-order valence-corrected chi connectivity index (χ1v) is 5.08. The summed E-state index contributed by atoms with van der Waals surface area (Å²) >= 11 is 0. The molecule has 3 aliphatic carbocycles. The van der Waals surface area contributed by atoms with Gasteiger partial charge in [0.15, 0.2) is 6.10 Å². The lowest BCUT2D eigenvalue weighted by atomic mass is 9.75. The number of para-hydroxylation sites is 1. The molecule has 0 amide bonds. The zero-order chi connectivity index (χ0) is 9.99. The summed E-state index contributed by atoms with van der Waals surface area (Å²) in [6, 6.07) is 7.88. The lowest BCUT2D eigenvalue weighted by molar-refractivity contribution is -0.120. The van der Waals surface area contributed by atoms with Crippen LogP contribution >= 0.6 is 0 Å². The van der Waals surface area contributed by atoms with Crippen molar-refractivity contribution in [3.63, 3.8) is 0 Å². The van der Waals surface area contributed by atoms with Gasteiger partial charge in [0.25, 0.3) is 0 Å². The molecular formula is C13H8O2. The Morgan fingerprint density at radius 1 is 1.27 bits per heavy atom. The molecule has 0 radical (unpaired) electrons. The quantitative estimate of drug-likeness (QED) is 0.635. The van der Waals surface area contributed by atoms with E-state index in [2.05, 4.69) is 0 Å². The number of fused-ring (bicyclic) bond motifs is 1. The van der Waals surface area contributed by atoms with Crippen molar-refractivity contribution in [3.8, 4) is 5.75 Å². The van der Waals surface area contributed by atoms with Gasteiger partial charge in [0.05, 0.1) is 0 Å². The Bertz CT molecular complexity index is 564. The number of benzene rings is 1. The largest absolute Gasteiger partial charge is 0.477 e. The van der Waals surface area contributed by atoms with Gasteiger partial charge in [0.1, 0.15) is 5.75 Å². The van der Waals surface area contributed by atoms with Gasteiger partial charge >= 0.3 is 0 Å². The highest BCUT2D eigenvalue weighted by Crippen LogP contribution is 2.49. The summed E-state index contributed by atoms with van der Waals surface area (Å²) in [6.45, 7) is 0. The van der Waals surface area contributed by atoms with Gasteiger partial charge < -0.3 is 4.74 Å². The Kier molecular flexibility index (Phi) is 1.10.